The van der Waals surface area contributed by atoms with Crippen LogP contribution in [0.3, 0.4) is 0 Å². The summed E-state index contributed by atoms with van der Waals surface area (Å²) in [5.74, 6) is -0.711. The van der Waals surface area contributed by atoms with E-state index in [4.69, 9.17) is 14.0 Å². The van der Waals surface area contributed by atoms with E-state index < -0.39 is 35.8 Å². The molecule has 0 radical (unpaired) electrons. The van der Waals surface area contributed by atoms with E-state index >= 15 is 4.39 Å². The SMILES string of the molecule is CC(C)c1c(B2OC(C)(C)C(C)(C)O2)n(C(=O)O)c2ccc(C3CCN(C(=O)OC(C)(C)C)CC3)c(F)c12. The van der Waals surface area contributed by atoms with Crippen molar-refractivity contribution in [3.8, 4) is 0 Å². The number of ether oxygens (including phenoxy) is 1. The van der Waals surface area contributed by atoms with Gasteiger partial charge in [-0.15, -0.1) is 0 Å². The van der Waals surface area contributed by atoms with Gasteiger partial charge in [-0.2, -0.15) is 0 Å². The second-order valence-electron chi connectivity index (χ2n) is 12.8. The molecule has 2 aliphatic rings. The summed E-state index contributed by atoms with van der Waals surface area (Å²) in [6, 6.07) is 3.37. The van der Waals surface area contributed by atoms with E-state index in [2.05, 4.69) is 0 Å². The number of benzene rings is 1. The third-order valence-electron chi connectivity index (χ3n) is 8.01. The van der Waals surface area contributed by atoms with Crippen LogP contribution >= 0.6 is 0 Å². The van der Waals surface area contributed by atoms with E-state index in [1.54, 1.807) is 17.0 Å². The van der Waals surface area contributed by atoms with Crippen LogP contribution in [0.5, 0.6) is 0 Å². The van der Waals surface area contributed by atoms with Crippen LogP contribution in [0.4, 0.5) is 14.0 Å². The lowest BCUT2D eigenvalue weighted by Gasteiger charge is -2.33. The summed E-state index contributed by atoms with van der Waals surface area (Å²) in [5, 5.41) is 10.5. The molecule has 0 atom stereocenters. The summed E-state index contributed by atoms with van der Waals surface area (Å²) in [6.07, 6.45) is -0.408. The normalized spacial score (nSPS) is 20.0. The quantitative estimate of drug-likeness (QED) is 0.502. The zero-order valence-corrected chi connectivity index (χ0v) is 24.0. The fourth-order valence-corrected chi connectivity index (χ4v) is 5.40. The smallest absolute Gasteiger partial charge is 0.464 e. The number of carboxylic acid groups (broad SMARTS) is 1. The molecule has 0 spiro atoms. The van der Waals surface area contributed by atoms with E-state index in [1.807, 2.05) is 62.3 Å². The Bertz CT molecular complexity index is 1240. The molecule has 0 saturated carbocycles. The molecular formula is C28H40BFN2O6. The first-order valence-corrected chi connectivity index (χ1v) is 13.4. The molecule has 2 aliphatic heterocycles. The minimum Gasteiger partial charge on any atom is -0.464 e. The molecule has 38 heavy (non-hydrogen) atoms. The minimum atomic E-state index is -1.22. The largest absolute Gasteiger partial charge is 0.513 e. The van der Waals surface area contributed by atoms with Gasteiger partial charge in [-0.05, 0) is 90.3 Å². The molecule has 0 bridgehead atoms. The van der Waals surface area contributed by atoms with Gasteiger partial charge in [0.15, 0.2) is 0 Å². The second-order valence-corrected chi connectivity index (χ2v) is 12.8. The number of likely N-dealkylation sites (tertiary alicyclic amines) is 1. The van der Waals surface area contributed by atoms with Crippen LogP contribution < -0.4 is 5.59 Å². The molecule has 2 fully saturated rings. The molecule has 2 saturated heterocycles. The predicted molar refractivity (Wildman–Crippen MR) is 145 cm³/mol. The number of carbonyl (C=O) groups excluding carboxylic acids is 1. The topological polar surface area (TPSA) is 90.2 Å². The van der Waals surface area contributed by atoms with Crippen LogP contribution in [0, 0.1) is 5.82 Å². The third kappa shape index (κ3) is 4.93. The number of halogens is 1. The monoisotopic (exact) mass is 530 g/mol. The van der Waals surface area contributed by atoms with Crippen molar-refractivity contribution in [1.29, 1.82) is 0 Å². The molecule has 1 N–H and O–H groups in total. The van der Waals surface area contributed by atoms with Crippen LogP contribution in [-0.4, -0.2) is 63.8 Å². The predicted octanol–water partition coefficient (Wildman–Crippen LogP) is 5.84. The molecule has 4 rings (SSSR count). The van der Waals surface area contributed by atoms with E-state index in [-0.39, 0.29) is 23.4 Å². The Morgan fingerprint density at radius 2 is 1.66 bits per heavy atom. The van der Waals surface area contributed by atoms with Crippen LogP contribution in [0.1, 0.15) is 98.1 Å². The van der Waals surface area contributed by atoms with Gasteiger partial charge in [-0.3, -0.25) is 4.57 Å². The van der Waals surface area contributed by atoms with Crippen LogP contribution in [0.25, 0.3) is 10.9 Å². The number of aromatic nitrogens is 1. The molecule has 3 heterocycles. The standard InChI is InChI=1S/C28H40BFN2O6/c1-16(2)20-21-19(32(24(33)34)23(20)29-37-27(6,7)28(8,9)38-29)11-10-18(22(21)30)17-12-14-31(15-13-17)25(35)36-26(3,4)5/h10-11,16-17H,12-15H2,1-9H3,(H,33,34). The summed E-state index contributed by atoms with van der Waals surface area (Å²) in [5.41, 5.74) is -0.243. The van der Waals surface area contributed by atoms with Crippen molar-refractivity contribution in [1.82, 2.24) is 9.47 Å². The molecule has 10 heteroatoms. The first-order valence-electron chi connectivity index (χ1n) is 13.4. The maximum absolute atomic E-state index is 16.4. The number of nitrogens with zero attached hydrogens (tertiary/aromatic N) is 2. The van der Waals surface area contributed by atoms with E-state index in [1.165, 1.54) is 0 Å². The first-order chi connectivity index (χ1) is 17.4. The van der Waals surface area contributed by atoms with Crippen LogP contribution in [0.2, 0.25) is 0 Å². The molecule has 208 valence electrons. The Morgan fingerprint density at radius 3 is 2.13 bits per heavy atom. The highest BCUT2D eigenvalue weighted by atomic mass is 19.1. The van der Waals surface area contributed by atoms with Gasteiger partial charge in [-0.1, -0.05) is 19.9 Å². The van der Waals surface area contributed by atoms with Crippen LogP contribution in [-0.2, 0) is 14.0 Å². The van der Waals surface area contributed by atoms with Crippen molar-refractivity contribution in [3.05, 3.63) is 29.1 Å². The zero-order chi connectivity index (χ0) is 28.4. The number of hydrogen-bond acceptors (Lipinski definition) is 5. The summed E-state index contributed by atoms with van der Waals surface area (Å²) in [6.45, 7) is 17.8. The average molecular weight is 530 g/mol. The van der Waals surface area contributed by atoms with Crippen LogP contribution in [0.15, 0.2) is 12.1 Å². The lowest BCUT2D eigenvalue weighted by molar-refractivity contribution is 0.00578. The Morgan fingerprint density at radius 1 is 1.11 bits per heavy atom. The van der Waals surface area contributed by atoms with Gasteiger partial charge in [0.2, 0.25) is 0 Å². The molecule has 1 aromatic heterocycles. The van der Waals surface area contributed by atoms with E-state index in [9.17, 15) is 14.7 Å². The Kier molecular flexibility index (Phi) is 7.15. The highest BCUT2D eigenvalue weighted by Crippen LogP contribution is 2.40. The molecule has 1 amide bonds. The molecular weight excluding hydrogens is 490 g/mol. The van der Waals surface area contributed by atoms with Gasteiger partial charge in [-0.25, -0.2) is 14.0 Å². The summed E-state index contributed by atoms with van der Waals surface area (Å²) in [7, 11) is -0.958. The van der Waals surface area contributed by atoms with Crippen molar-refractivity contribution < 1.29 is 33.1 Å². The third-order valence-corrected chi connectivity index (χ3v) is 8.01. The number of amides is 1. The number of rotatable bonds is 3. The summed E-state index contributed by atoms with van der Waals surface area (Å²) < 4.78 is 35.5. The van der Waals surface area contributed by atoms with Crippen molar-refractivity contribution in [2.75, 3.05) is 13.1 Å². The van der Waals surface area contributed by atoms with Gasteiger partial charge in [0.1, 0.15) is 11.4 Å². The Balaban J connectivity index is 1.75. The molecule has 0 unspecified atom stereocenters. The van der Waals surface area contributed by atoms with Crippen molar-refractivity contribution >= 4 is 35.8 Å². The Hall–Kier alpha value is -2.59. The zero-order valence-electron chi connectivity index (χ0n) is 24.0. The van der Waals surface area contributed by atoms with Gasteiger partial charge in [0, 0.05) is 18.5 Å². The summed E-state index contributed by atoms with van der Waals surface area (Å²) in [4.78, 5) is 26.7. The fraction of sp³-hybridized carbons (Fsp3) is 0.643. The van der Waals surface area contributed by atoms with E-state index in [0.717, 1.165) is 4.57 Å². The molecule has 1 aromatic carbocycles. The average Bonchev–Trinajstić information content (AvgIpc) is 3.24. The maximum Gasteiger partial charge on any atom is 0.513 e. The fourth-order valence-electron chi connectivity index (χ4n) is 5.40. The first kappa shape index (κ1) is 28.4. The molecule has 8 nitrogen and oxygen atoms in total. The Labute approximate surface area is 224 Å². The van der Waals surface area contributed by atoms with Crippen molar-refractivity contribution in [2.24, 2.45) is 0 Å². The van der Waals surface area contributed by atoms with Crippen molar-refractivity contribution in [2.45, 2.75) is 104 Å². The van der Waals surface area contributed by atoms with Gasteiger partial charge in [0.25, 0.3) is 0 Å². The highest BCUT2D eigenvalue weighted by molar-refractivity contribution is 6.63. The summed E-state index contributed by atoms with van der Waals surface area (Å²) >= 11 is 0. The lowest BCUT2D eigenvalue weighted by Crippen LogP contribution is -2.43. The van der Waals surface area contributed by atoms with E-state index in [0.29, 0.717) is 48.0 Å². The highest BCUT2D eigenvalue weighted by Gasteiger charge is 2.54. The van der Waals surface area contributed by atoms with Gasteiger partial charge < -0.3 is 24.1 Å². The van der Waals surface area contributed by atoms with Gasteiger partial charge >= 0.3 is 19.3 Å². The maximum atomic E-state index is 16.4. The molecule has 0 aliphatic carbocycles. The number of hydrogen-bond donors (Lipinski definition) is 1. The minimum absolute atomic E-state index is 0.105. The van der Waals surface area contributed by atoms with Gasteiger partial charge in [0.05, 0.1) is 22.3 Å². The number of carbonyl (C=O) groups is 2. The number of piperidine rings is 1. The number of fused-ring (bicyclic) bond motifs is 1. The van der Waals surface area contributed by atoms with Crippen molar-refractivity contribution in [3.63, 3.8) is 0 Å². The molecule has 2 aromatic rings. The lowest BCUT2D eigenvalue weighted by atomic mass is 9.78. The second kappa shape index (κ2) is 9.56.